The molecule has 2 rings (SSSR count). The first-order valence-electron chi connectivity index (χ1n) is 6.69. The maximum atomic E-state index is 12.4. The van der Waals surface area contributed by atoms with Gasteiger partial charge in [-0.15, -0.1) is 0 Å². The van der Waals surface area contributed by atoms with Crippen molar-refractivity contribution in [2.24, 2.45) is 0 Å². The van der Waals surface area contributed by atoms with Crippen molar-refractivity contribution in [3.63, 3.8) is 0 Å². The molecule has 0 aromatic heterocycles. The van der Waals surface area contributed by atoms with Crippen LogP contribution in [0, 0.1) is 18.3 Å². The third-order valence-electron chi connectivity index (χ3n) is 3.25. The second-order valence-corrected chi connectivity index (χ2v) is 7.01. The Balaban J connectivity index is 2.31. The fourth-order valence-electron chi connectivity index (χ4n) is 1.97. The van der Waals surface area contributed by atoms with E-state index in [0.29, 0.717) is 11.3 Å². The molecule has 2 aromatic carbocycles. The molecule has 0 amide bonds. The number of benzene rings is 2. The van der Waals surface area contributed by atoms with E-state index >= 15 is 0 Å². The van der Waals surface area contributed by atoms with E-state index in [1.165, 1.54) is 25.3 Å². The van der Waals surface area contributed by atoms with Gasteiger partial charge in [-0.1, -0.05) is 41.4 Å². The van der Waals surface area contributed by atoms with Crippen molar-refractivity contribution in [2.75, 3.05) is 7.11 Å². The van der Waals surface area contributed by atoms with Crippen LogP contribution in [-0.4, -0.2) is 15.5 Å². The summed E-state index contributed by atoms with van der Waals surface area (Å²) < 4.78 is 32.2. The first kappa shape index (κ1) is 17.3. The van der Waals surface area contributed by atoms with Gasteiger partial charge in [-0.2, -0.15) is 9.98 Å². The fraction of sp³-hybridized carbons (Fsp3) is 0.188. The van der Waals surface area contributed by atoms with E-state index < -0.39 is 16.1 Å². The number of aryl methyl sites for hydroxylation is 1. The molecule has 0 radical (unpaired) electrons. The number of nitriles is 1. The lowest BCUT2D eigenvalue weighted by atomic mass is 10.1. The van der Waals surface area contributed by atoms with E-state index in [4.69, 9.17) is 16.3 Å². The minimum atomic E-state index is -3.89. The van der Waals surface area contributed by atoms with Crippen LogP contribution < -0.4 is 9.46 Å². The highest BCUT2D eigenvalue weighted by Gasteiger charge is 2.22. The van der Waals surface area contributed by atoms with Crippen LogP contribution in [0.25, 0.3) is 0 Å². The van der Waals surface area contributed by atoms with Crippen molar-refractivity contribution in [3.8, 4) is 11.8 Å². The molecule has 0 fully saturated rings. The molecule has 0 aliphatic carbocycles. The molecule has 1 N–H and O–H groups in total. The highest BCUT2D eigenvalue weighted by atomic mass is 35.5. The van der Waals surface area contributed by atoms with Gasteiger partial charge in [0.1, 0.15) is 11.8 Å². The van der Waals surface area contributed by atoms with E-state index in [-0.39, 0.29) is 9.92 Å². The van der Waals surface area contributed by atoms with Crippen LogP contribution in [0.2, 0.25) is 5.02 Å². The van der Waals surface area contributed by atoms with Crippen LogP contribution in [0.4, 0.5) is 0 Å². The highest BCUT2D eigenvalue weighted by Crippen LogP contribution is 2.27. The quantitative estimate of drug-likeness (QED) is 0.898. The lowest BCUT2D eigenvalue weighted by molar-refractivity contribution is 0.414. The minimum absolute atomic E-state index is 0.0318. The first-order chi connectivity index (χ1) is 10.9. The van der Waals surface area contributed by atoms with Crippen LogP contribution in [-0.2, 0) is 10.0 Å². The van der Waals surface area contributed by atoms with Gasteiger partial charge in [-0.25, -0.2) is 8.42 Å². The molecule has 7 heteroatoms. The van der Waals surface area contributed by atoms with Gasteiger partial charge in [0.25, 0.3) is 0 Å². The molecule has 0 saturated heterocycles. The van der Waals surface area contributed by atoms with Gasteiger partial charge in [0.05, 0.1) is 23.1 Å². The monoisotopic (exact) mass is 350 g/mol. The second kappa shape index (κ2) is 7.01. The van der Waals surface area contributed by atoms with E-state index in [0.717, 1.165) is 5.56 Å². The standard InChI is InChI=1S/C16H15ClN2O3S/c1-11-3-5-12(6-4-11)15(10-18)19-23(20,21)13-7-8-16(22-2)14(17)9-13/h3-9,15,19H,1-2H3. The number of hydrogen-bond acceptors (Lipinski definition) is 4. The van der Waals surface area contributed by atoms with Crippen molar-refractivity contribution >= 4 is 21.6 Å². The average Bonchev–Trinajstić information content (AvgIpc) is 2.53. The summed E-state index contributed by atoms with van der Waals surface area (Å²) in [6, 6.07) is 12.2. The van der Waals surface area contributed by atoms with Crippen molar-refractivity contribution in [1.29, 1.82) is 5.26 Å². The number of hydrogen-bond donors (Lipinski definition) is 1. The zero-order chi connectivity index (χ0) is 17.0. The number of halogens is 1. The van der Waals surface area contributed by atoms with Crippen LogP contribution >= 0.6 is 11.6 Å². The predicted octanol–water partition coefficient (Wildman–Crippen LogP) is 3.20. The molecule has 2 aromatic rings. The van der Waals surface area contributed by atoms with Crippen molar-refractivity contribution in [3.05, 3.63) is 58.6 Å². The Bertz CT molecular complexity index is 843. The Morgan fingerprint density at radius 1 is 1.22 bits per heavy atom. The molecular weight excluding hydrogens is 336 g/mol. The van der Waals surface area contributed by atoms with Crippen LogP contribution in [0.1, 0.15) is 17.2 Å². The molecule has 1 unspecified atom stereocenters. The third-order valence-corrected chi connectivity index (χ3v) is 4.96. The maximum absolute atomic E-state index is 12.4. The lowest BCUT2D eigenvalue weighted by Gasteiger charge is -2.13. The molecule has 1 atom stereocenters. The van der Waals surface area contributed by atoms with E-state index in [1.807, 2.05) is 25.1 Å². The number of nitrogens with one attached hydrogen (secondary N) is 1. The van der Waals surface area contributed by atoms with Gasteiger partial charge in [0.15, 0.2) is 0 Å². The van der Waals surface area contributed by atoms with Gasteiger partial charge in [0, 0.05) is 0 Å². The lowest BCUT2D eigenvalue weighted by Crippen LogP contribution is -2.27. The molecule has 0 aliphatic heterocycles. The van der Waals surface area contributed by atoms with Crippen molar-refractivity contribution in [1.82, 2.24) is 4.72 Å². The number of methoxy groups -OCH3 is 1. The molecule has 0 spiro atoms. The topological polar surface area (TPSA) is 79.2 Å². The largest absolute Gasteiger partial charge is 0.495 e. The van der Waals surface area contributed by atoms with Gasteiger partial charge >= 0.3 is 0 Å². The Kier molecular flexibility index (Phi) is 5.26. The van der Waals surface area contributed by atoms with Gasteiger partial charge in [-0.05, 0) is 30.7 Å². The Labute approximate surface area is 140 Å². The molecule has 120 valence electrons. The fourth-order valence-corrected chi connectivity index (χ4v) is 3.44. The van der Waals surface area contributed by atoms with Crippen molar-refractivity contribution < 1.29 is 13.2 Å². The molecule has 0 bridgehead atoms. The SMILES string of the molecule is COc1ccc(S(=O)(=O)NC(C#N)c2ccc(C)cc2)cc1Cl. The second-order valence-electron chi connectivity index (χ2n) is 4.89. The minimum Gasteiger partial charge on any atom is -0.495 e. The number of ether oxygens (including phenoxy) is 1. The average molecular weight is 351 g/mol. The zero-order valence-corrected chi connectivity index (χ0v) is 14.1. The van der Waals surface area contributed by atoms with Gasteiger partial charge < -0.3 is 4.74 Å². The van der Waals surface area contributed by atoms with Crippen LogP contribution in [0.5, 0.6) is 5.75 Å². The molecule has 0 saturated carbocycles. The Hall–Kier alpha value is -2.07. The Morgan fingerprint density at radius 2 is 1.87 bits per heavy atom. The summed E-state index contributed by atoms with van der Waals surface area (Å²) in [5.74, 6) is 0.376. The summed E-state index contributed by atoms with van der Waals surface area (Å²) in [6.07, 6.45) is 0. The van der Waals surface area contributed by atoms with Crippen LogP contribution in [0.15, 0.2) is 47.4 Å². The smallest absolute Gasteiger partial charge is 0.242 e. The van der Waals surface area contributed by atoms with Crippen molar-refractivity contribution in [2.45, 2.75) is 17.9 Å². The number of nitrogens with zero attached hydrogens (tertiary/aromatic N) is 1. The number of sulfonamides is 1. The summed E-state index contributed by atoms with van der Waals surface area (Å²) in [5.41, 5.74) is 1.59. The maximum Gasteiger partial charge on any atom is 0.242 e. The predicted molar refractivity (Wildman–Crippen MR) is 87.9 cm³/mol. The van der Waals surface area contributed by atoms with E-state index in [2.05, 4.69) is 4.72 Å². The summed E-state index contributed by atoms with van der Waals surface area (Å²) in [4.78, 5) is -0.0318. The molecule has 5 nitrogen and oxygen atoms in total. The molecular formula is C16H15ClN2O3S. The summed E-state index contributed by atoms with van der Waals surface area (Å²) in [5, 5.41) is 9.45. The van der Waals surface area contributed by atoms with Gasteiger partial charge in [-0.3, -0.25) is 0 Å². The highest BCUT2D eigenvalue weighted by molar-refractivity contribution is 7.89. The molecule has 0 aliphatic rings. The number of rotatable bonds is 5. The van der Waals surface area contributed by atoms with Gasteiger partial charge in [0.2, 0.25) is 10.0 Å². The summed E-state index contributed by atoms with van der Waals surface area (Å²) in [7, 11) is -2.45. The van der Waals surface area contributed by atoms with E-state index in [1.54, 1.807) is 12.1 Å². The van der Waals surface area contributed by atoms with Crippen LogP contribution in [0.3, 0.4) is 0 Å². The Morgan fingerprint density at radius 3 is 2.39 bits per heavy atom. The molecule has 0 heterocycles. The van der Waals surface area contributed by atoms with E-state index in [9.17, 15) is 13.7 Å². The summed E-state index contributed by atoms with van der Waals surface area (Å²) >= 11 is 5.96. The third kappa shape index (κ3) is 4.02. The molecule has 23 heavy (non-hydrogen) atoms. The normalized spacial score (nSPS) is 12.4. The first-order valence-corrected chi connectivity index (χ1v) is 8.55. The zero-order valence-electron chi connectivity index (χ0n) is 12.6. The summed E-state index contributed by atoms with van der Waals surface area (Å²) in [6.45, 7) is 1.91.